The van der Waals surface area contributed by atoms with Crippen molar-refractivity contribution in [2.75, 3.05) is 7.11 Å². The van der Waals surface area contributed by atoms with E-state index in [0.717, 1.165) is 18.2 Å². The first-order valence-electron chi connectivity index (χ1n) is 6.52. The van der Waals surface area contributed by atoms with Crippen LogP contribution in [0.3, 0.4) is 0 Å². The van der Waals surface area contributed by atoms with Crippen molar-refractivity contribution < 1.29 is 32.2 Å². The van der Waals surface area contributed by atoms with E-state index < -0.39 is 47.4 Å². The molecule has 0 bridgehead atoms. The summed E-state index contributed by atoms with van der Waals surface area (Å²) in [7, 11) is 1.24. The fraction of sp³-hybridized carbons (Fsp3) is 0.400. The number of carbonyl (C=O) groups is 1. The molecule has 2 unspecified atom stereocenters. The van der Waals surface area contributed by atoms with Gasteiger partial charge in [0.05, 0.1) is 7.11 Å². The van der Waals surface area contributed by atoms with Crippen molar-refractivity contribution in [1.29, 1.82) is 0 Å². The third kappa shape index (κ3) is 2.93. The number of ether oxygens (including phenoxy) is 1. The van der Waals surface area contributed by atoms with Gasteiger partial charge in [-0.3, -0.25) is 4.79 Å². The molecule has 1 aromatic carbocycles. The van der Waals surface area contributed by atoms with E-state index in [0.29, 0.717) is 0 Å². The molecule has 0 saturated heterocycles. The molecule has 0 radical (unpaired) electrons. The number of methoxy groups -OCH3 is 1. The second-order valence-electron chi connectivity index (χ2n) is 5.19. The van der Waals surface area contributed by atoms with Crippen molar-refractivity contribution in [1.82, 2.24) is 0 Å². The van der Waals surface area contributed by atoms with Gasteiger partial charge in [-0.2, -0.15) is 13.2 Å². The maximum atomic E-state index is 14.0. The van der Waals surface area contributed by atoms with Gasteiger partial charge in [-0.05, 0) is 11.6 Å². The number of rotatable bonds is 2. The van der Waals surface area contributed by atoms with E-state index in [9.17, 15) is 27.5 Å². The number of benzene rings is 1. The van der Waals surface area contributed by atoms with Crippen LogP contribution in [0.25, 0.3) is 0 Å². The Morgan fingerprint density at radius 2 is 1.95 bits per heavy atom. The van der Waals surface area contributed by atoms with Crippen LogP contribution < -0.4 is 4.74 Å². The number of carbonyl (C=O) groups excluding carboxylic acids is 1. The predicted molar refractivity (Wildman–Crippen MR) is 70.3 cm³/mol. The fourth-order valence-electron chi connectivity index (χ4n) is 2.50. The van der Waals surface area contributed by atoms with Gasteiger partial charge in [0.2, 0.25) is 0 Å². The summed E-state index contributed by atoms with van der Waals surface area (Å²) in [5.41, 5.74) is -1.09. The number of phenols is 1. The smallest absolute Gasteiger partial charge is 0.412 e. The monoisotopic (exact) mass is 318 g/mol. The van der Waals surface area contributed by atoms with Gasteiger partial charge in [0.15, 0.2) is 11.5 Å². The third-order valence-electron chi connectivity index (χ3n) is 3.81. The van der Waals surface area contributed by atoms with Crippen LogP contribution in [0.2, 0.25) is 0 Å². The summed E-state index contributed by atoms with van der Waals surface area (Å²) in [6.45, 7) is 1.45. The van der Waals surface area contributed by atoms with Crippen LogP contribution in [0.15, 0.2) is 23.8 Å². The van der Waals surface area contributed by atoms with Gasteiger partial charge in [-0.1, -0.05) is 13.0 Å². The Morgan fingerprint density at radius 3 is 2.50 bits per heavy atom. The lowest BCUT2D eigenvalue weighted by atomic mass is 9.77. The van der Waals surface area contributed by atoms with Gasteiger partial charge >= 0.3 is 6.18 Å². The molecular formula is C15H14F4O3. The van der Waals surface area contributed by atoms with Gasteiger partial charge in [0, 0.05) is 29.9 Å². The van der Waals surface area contributed by atoms with Crippen LogP contribution >= 0.6 is 0 Å². The molecule has 22 heavy (non-hydrogen) atoms. The lowest BCUT2D eigenvalue weighted by molar-refractivity contribution is -0.127. The van der Waals surface area contributed by atoms with Crippen LogP contribution in [0.1, 0.15) is 24.8 Å². The number of ketones is 1. The van der Waals surface area contributed by atoms with E-state index in [1.165, 1.54) is 14.0 Å². The van der Waals surface area contributed by atoms with Crippen LogP contribution in [-0.2, 0) is 4.79 Å². The highest BCUT2D eigenvalue weighted by Crippen LogP contribution is 2.42. The number of halogens is 4. The molecule has 7 heteroatoms. The van der Waals surface area contributed by atoms with Crippen molar-refractivity contribution in [2.24, 2.45) is 5.92 Å². The zero-order chi connectivity index (χ0) is 16.7. The summed E-state index contributed by atoms with van der Waals surface area (Å²) in [5.74, 6) is -3.88. The molecule has 120 valence electrons. The fourth-order valence-corrected chi connectivity index (χ4v) is 2.50. The summed E-state index contributed by atoms with van der Waals surface area (Å²) in [6.07, 6.45) is -4.47. The average Bonchev–Trinajstić information content (AvgIpc) is 2.41. The van der Waals surface area contributed by atoms with Crippen molar-refractivity contribution >= 4 is 5.78 Å². The van der Waals surface area contributed by atoms with E-state index >= 15 is 0 Å². The largest absolute Gasteiger partial charge is 0.504 e. The predicted octanol–water partition coefficient (Wildman–Crippen LogP) is 3.72. The molecule has 0 heterocycles. The van der Waals surface area contributed by atoms with Crippen molar-refractivity contribution in [3.63, 3.8) is 0 Å². The van der Waals surface area contributed by atoms with Crippen molar-refractivity contribution in [3.8, 4) is 11.5 Å². The highest BCUT2D eigenvalue weighted by molar-refractivity contribution is 5.86. The molecule has 2 rings (SSSR count). The second-order valence-corrected chi connectivity index (χ2v) is 5.19. The first-order chi connectivity index (χ1) is 10.1. The maximum Gasteiger partial charge on any atom is 0.412 e. The standard InChI is InChI=1S/C15H14F4O3/c1-7-9(3-8(4-12(7)20)15(17,18)19)10-5-14(22-2)13(21)6-11(10)16/h3,5-7,9,21H,4H2,1-2H3. The highest BCUT2D eigenvalue weighted by atomic mass is 19.4. The molecule has 0 saturated carbocycles. The molecule has 1 aliphatic rings. The SMILES string of the molecule is COc1cc(C2C=C(C(F)(F)F)CC(=O)C2C)c(F)cc1O. The number of alkyl halides is 3. The summed E-state index contributed by atoms with van der Waals surface area (Å²) < 4.78 is 57.5. The summed E-state index contributed by atoms with van der Waals surface area (Å²) in [6, 6.07) is 1.88. The zero-order valence-corrected chi connectivity index (χ0v) is 11.9. The van der Waals surface area contributed by atoms with Crippen molar-refractivity contribution in [2.45, 2.75) is 25.4 Å². The first-order valence-corrected chi connectivity index (χ1v) is 6.52. The molecule has 1 N–H and O–H groups in total. The lowest BCUT2D eigenvalue weighted by Gasteiger charge is -2.28. The highest BCUT2D eigenvalue weighted by Gasteiger charge is 2.41. The molecule has 2 atom stereocenters. The summed E-state index contributed by atoms with van der Waals surface area (Å²) in [4.78, 5) is 11.8. The van der Waals surface area contributed by atoms with E-state index in [1.54, 1.807) is 0 Å². The number of aromatic hydroxyl groups is 1. The number of hydrogen-bond acceptors (Lipinski definition) is 3. The average molecular weight is 318 g/mol. The Morgan fingerprint density at radius 1 is 1.32 bits per heavy atom. The van der Waals surface area contributed by atoms with Gasteiger partial charge in [0.1, 0.15) is 11.6 Å². The molecule has 0 aromatic heterocycles. The van der Waals surface area contributed by atoms with Crippen molar-refractivity contribution in [3.05, 3.63) is 35.2 Å². The number of allylic oxidation sites excluding steroid dienone is 2. The van der Waals surface area contributed by atoms with Gasteiger partial charge < -0.3 is 9.84 Å². The Kier molecular flexibility index (Phi) is 4.17. The molecule has 1 aliphatic carbocycles. The zero-order valence-electron chi connectivity index (χ0n) is 11.9. The molecule has 0 aliphatic heterocycles. The topological polar surface area (TPSA) is 46.5 Å². The Labute approximate surface area is 124 Å². The normalized spacial score (nSPS) is 22.5. The quantitative estimate of drug-likeness (QED) is 0.668. The molecular weight excluding hydrogens is 304 g/mol. The minimum absolute atomic E-state index is 0.0661. The molecule has 0 spiro atoms. The minimum Gasteiger partial charge on any atom is -0.504 e. The van der Waals surface area contributed by atoms with E-state index in [-0.39, 0.29) is 11.3 Å². The molecule has 0 amide bonds. The van der Waals surface area contributed by atoms with Gasteiger partial charge in [-0.15, -0.1) is 0 Å². The van der Waals surface area contributed by atoms with E-state index in [1.807, 2.05) is 0 Å². The van der Waals surface area contributed by atoms with Crippen LogP contribution in [-0.4, -0.2) is 24.2 Å². The van der Waals surface area contributed by atoms with E-state index in [4.69, 9.17) is 4.74 Å². The van der Waals surface area contributed by atoms with Gasteiger partial charge in [-0.25, -0.2) is 4.39 Å². The van der Waals surface area contributed by atoms with Gasteiger partial charge in [0.25, 0.3) is 0 Å². The van der Waals surface area contributed by atoms with Crippen LogP contribution in [0.4, 0.5) is 17.6 Å². The third-order valence-corrected chi connectivity index (χ3v) is 3.81. The number of phenolic OH excluding ortho intramolecular Hbond substituents is 1. The lowest BCUT2D eigenvalue weighted by Crippen LogP contribution is -2.28. The minimum atomic E-state index is -4.63. The summed E-state index contributed by atoms with van der Waals surface area (Å²) in [5, 5.41) is 9.49. The number of hydrogen-bond donors (Lipinski definition) is 1. The van der Waals surface area contributed by atoms with Crippen LogP contribution in [0.5, 0.6) is 11.5 Å². The Balaban J connectivity index is 2.56. The maximum absolute atomic E-state index is 14.0. The summed E-state index contributed by atoms with van der Waals surface area (Å²) >= 11 is 0. The Bertz CT molecular complexity index is 634. The molecule has 1 aromatic rings. The molecule has 0 fully saturated rings. The number of Topliss-reactive ketones (excluding diaryl/α,β-unsaturated/α-hetero) is 1. The molecule has 3 nitrogen and oxygen atoms in total. The first kappa shape index (κ1) is 16.3. The van der Waals surface area contributed by atoms with Crippen LogP contribution in [0, 0.1) is 11.7 Å². The van der Waals surface area contributed by atoms with E-state index in [2.05, 4.69) is 0 Å². The second kappa shape index (κ2) is 5.62. The Hall–Kier alpha value is -2.05.